The van der Waals surface area contributed by atoms with E-state index in [0.29, 0.717) is 0 Å². The fourth-order valence-electron chi connectivity index (χ4n) is 1.28. The Hall–Kier alpha value is -0.900. The quantitative estimate of drug-likeness (QED) is 0.688. The lowest BCUT2D eigenvalue weighted by Gasteiger charge is -2.01. The standard InChI is InChI=1S/C8H8BrN3/c1-5-7(9)3-4-8-11-10-6(2)12(5)8/h3-4H,1-2H3. The molecule has 0 aromatic carbocycles. The molecule has 0 atom stereocenters. The van der Waals surface area contributed by atoms with Crippen molar-refractivity contribution in [2.75, 3.05) is 0 Å². The Morgan fingerprint density at radius 2 is 2.00 bits per heavy atom. The average Bonchev–Trinajstić information content (AvgIpc) is 2.41. The van der Waals surface area contributed by atoms with Crippen molar-refractivity contribution in [3.63, 3.8) is 0 Å². The maximum absolute atomic E-state index is 4.01. The van der Waals surface area contributed by atoms with Crippen LogP contribution in [0.1, 0.15) is 11.5 Å². The number of pyridine rings is 1. The molecule has 0 aliphatic rings. The number of nitrogens with zero attached hydrogens (tertiary/aromatic N) is 3. The third-order valence-corrected chi connectivity index (χ3v) is 2.75. The lowest BCUT2D eigenvalue weighted by atomic mass is 10.3. The molecule has 0 radical (unpaired) electrons. The van der Waals surface area contributed by atoms with Gasteiger partial charge in [0.25, 0.3) is 0 Å². The molecule has 0 bridgehead atoms. The minimum absolute atomic E-state index is 0.896. The molecule has 0 unspecified atom stereocenters. The summed E-state index contributed by atoms with van der Waals surface area (Å²) in [6, 6.07) is 3.93. The van der Waals surface area contributed by atoms with Gasteiger partial charge < -0.3 is 0 Å². The molecule has 2 aromatic rings. The zero-order valence-corrected chi connectivity index (χ0v) is 8.46. The first kappa shape index (κ1) is 7.73. The highest BCUT2D eigenvalue weighted by Gasteiger charge is 2.04. The van der Waals surface area contributed by atoms with Crippen LogP contribution in [0.4, 0.5) is 0 Å². The Morgan fingerprint density at radius 1 is 1.25 bits per heavy atom. The second-order valence-electron chi connectivity index (χ2n) is 2.71. The molecule has 62 valence electrons. The van der Waals surface area contributed by atoms with Crippen LogP contribution in [-0.4, -0.2) is 14.6 Å². The van der Waals surface area contributed by atoms with Gasteiger partial charge in [0.15, 0.2) is 5.65 Å². The lowest BCUT2D eigenvalue weighted by Crippen LogP contribution is -1.94. The second kappa shape index (κ2) is 2.55. The highest BCUT2D eigenvalue weighted by Crippen LogP contribution is 2.17. The molecule has 0 saturated heterocycles. The van der Waals surface area contributed by atoms with E-state index in [9.17, 15) is 0 Å². The molecular formula is C8H8BrN3. The van der Waals surface area contributed by atoms with Crippen LogP contribution in [-0.2, 0) is 0 Å². The van der Waals surface area contributed by atoms with E-state index < -0.39 is 0 Å². The summed E-state index contributed by atoms with van der Waals surface area (Å²) >= 11 is 3.46. The third-order valence-electron chi connectivity index (χ3n) is 1.91. The maximum atomic E-state index is 4.01. The van der Waals surface area contributed by atoms with Gasteiger partial charge in [-0.3, -0.25) is 4.40 Å². The van der Waals surface area contributed by atoms with Gasteiger partial charge in [0.2, 0.25) is 0 Å². The Kier molecular flexibility index (Phi) is 1.65. The first-order valence-electron chi connectivity index (χ1n) is 3.67. The van der Waals surface area contributed by atoms with Gasteiger partial charge in [0.05, 0.1) is 0 Å². The van der Waals surface area contributed by atoms with E-state index in [-0.39, 0.29) is 0 Å². The van der Waals surface area contributed by atoms with Crippen LogP contribution in [0.15, 0.2) is 16.6 Å². The molecule has 0 spiro atoms. The van der Waals surface area contributed by atoms with E-state index in [1.165, 1.54) is 0 Å². The lowest BCUT2D eigenvalue weighted by molar-refractivity contribution is 0.973. The van der Waals surface area contributed by atoms with Crippen molar-refractivity contribution < 1.29 is 0 Å². The van der Waals surface area contributed by atoms with Crippen molar-refractivity contribution in [3.05, 3.63) is 28.1 Å². The zero-order chi connectivity index (χ0) is 8.72. The Bertz CT molecular complexity index is 433. The molecule has 4 heteroatoms. The van der Waals surface area contributed by atoms with Crippen LogP contribution in [0.3, 0.4) is 0 Å². The molecule has 2 aromatic heterocycles. The number of aryl methyl sites for hydroxylation is 2. The van der Waals surface area contributed by atoms with E-state index >= 15 is 0 Å². The summed E-state index contributed by atoms with van der Waals surface area (Å²) in [5.41, 5.74) is 2.03. The van der Waals surface area contributed by atoms with Crippen LogP contribution < -0.4 is 0 Å². The van der Waals surface area contributed by atoms with Gasteiger partial charge in [0, 0.05) is 10.2 Å². The molecule has 0 aliphatic carbocycles. The number of fused-ring (bicyclic) bond motifs is 1. The number of aromatic nitrogens is 3. The fourth-order valence-corrected chi connectivity index (χ4v) is 1.59. The number of hydrogen-bond donors (Lipinski definition) is 0. The van der Waals surface area contributed by atoms with Crippen molar-refractivity contribution in [3.8, 4) is 0 Å². The van der Waals surface area contributed by atoms with Gasteiger partial charge in [-0.2, -0.15) is 0 Å². The monoisotopic (exact) mass is 225 g/mol. The van der Waals surface area contributed by atoms with E-state index in [1.807, 2.05) is 30.4 Å². The fraction of sp³-hybridized carbons (Fsp3) is 0.250. The molecular weight excluding hydrogens is 218 g/mol. The minimum atomic E-state index is 0.896. The zero-order valence-electron chi connectivity index (χ0n) is 6.87. The van der Waals surface area contributed by atoms with Gasteiger partial charge >= 0.3 is 0 Å². The highest BCUT2D eigenvalue weighted by molar-refractivity contribution is 9.10. The topological polar surface area (TPSA) is 30.2 Å². The summed E-state index contributed by atoms with van der Waals surface area (Å²) in [6.07, 6.45) is 0. The van der Waals surface area contributed by atoms with E-state index in [0.717, 1.165) is 21.6 Å². The molecule has 3 nitrogen and oxygen atoms in total. The summed E-state index contributed by atoms with van der Waals surface area (Å²) in [5, 5.41) is 8.00. The Labute approximate surface area is 78.6 Å². The van der Waals surface area contributed by atoms with Crippen molar-refractivity contribution in [1.82, 2.24) is 14.6 Å². The van der Waals surface area contributed by atoms with Crippen LogP contribution in [0.25, 0.3) is 5.65 Å². The van der Waals surface area contributed by atoms with Crippen LogP contribution in [0, 0.1) is 13.8 Å². The highest BCUT2D eigenvalue weighted by atomic mass is 79.9. The molecule has 0 amide bonds. The molecule has 12 heavy (non-hydrogen) atoms. The third kappa shape index (κ3) is 0.948. The molecule has 0 saturated carbocycles. The maximum Gasteiger partial charge on any atom is 0.161 e. The van der Waals surface area contributed by atoms with Crippen LogP contribution in [0.2, 0.25) is 0 Å². The first-order chi connectivity index (χ1) is 5.70. The summed E-state index contributed by atoms with van der Waals surface area (Å²) in [5.74, 6) is 0.920. The van der Waals surface area contributed by atoms with Crippen LogP contribution >= 0.6 is 15.9 Å². The van der Waals surface area contributed by atoms with Crippen molar-refractivity contribution in [2.24, 2.45) is 0 Å². The molecule has 0 N–H and O–H groups in total. The second-order valence-corrected chi connectivity index (χ2v) is 3.56. The number of halogens is 1. The van der Waals surface area contributed by atoms with Crippen molar-refractivity contribution >= 4 is 21.6 Å². The van der Waals surface area contributed by atoms with Gasteiger partial charge in [-0.15, -0.1) is 10.2 Å². The van der Waals surface area contributed by atoms with Gasteiger partial charge in [-0.05, 0) is 41.9 Å². The van der Waals surface area contributed by atoms with E-state index in [1.54, 1.807) is 0 Å². The van der Waals surface area contributed by atoms with Gasteiger partial charge in [-0.1, -0.05) is 0 Å². The summed E-state index contributed by atoms with van der Waals surface area (Å²) < 4.78 is 3.10. The number of rotatable bonds is 0. The van der Waals surface area contributed by atoms with Crippen molar-refractivity contribution in [1.29, 1.82) is 0 Å². The Balaban J connectivity index is 2.96. The first-order valence-corrected chi connectivity index (χ1v) is 4.46. The molecule has 0 aliphatic heterocycles. The predicted octanol–water partition coefficient (Wildman–Crippen LogP) is 2.11. The summed E-state index contributed by atoms with van der Waals surface area (Å²) in [4.78, 5) is 0. The summed E-state index contributed by atoms with van der Waals surface area (Å²) in [7, 11) is 0. The smallest absolute Gasteiger partial charge is 0.161 e. The van der Waals surface area contributed by atoms with Crippen LogP contribution in [0.5, 0.6) is 0 Å². The predicted molar refractivity (Wildman–Crippen MR) is 50.2 cm³/mol. The average molecular weight is 226 g/mol. The van der Waals surface area contributed by atoms with E-state index in [2.05, 4.69) is 26.1 Å². The number of hydrogen-bond acceptors (Lipinski definition) is 2. The molecule has 0 fully saturated rings. The van der Waals surface area contributed by atoms with Crippen molar-refractivity contribution in [2.45, 2.75) is 13.8 Å². The molecule has 2 heterocycles. The molecule has 2 rings (SSSR count). The normalized spacial score (nSPS) is 10.9. The summed E-state index contributed by atoms with van der Waals surface area (Å²) in [6.45, 7) is 3.98. The van der Waals surface area contributed by atoms with Gasteiger partial charge in [-0.25, -0.2) is 0 Å². The van der Waals surface area contributed by atoms with E-state index in [4.69, 9.17) is 0 Å². The Morgan fingerprint density at radius 3 is 2.75 bits per heavy atom. The largest absolute Gasteiger partial charge is 0.283 e. The SMILES string of the molecule is Cc1nnc2ccc(Br)c(C)n12. The van der Waals surface area contributed by atoms with Gasteiger partial charge in [0.1, 0.15) is 5.82 Å². The minimum Gasteiger partial charge on any atom is -0.283 e.